The standard InChI is InChI=1S/C18H17FN2O3S/c1-4-12(9-11(19)10-23-2)21-8-6-13-15-14(24-3)5-7-20-17(15)25-16(13)18(21)22/h4-9H,10H2,1-3H3/b11-9+,12-4+. The first kappa shape index (κ1) is 17.3. The Balaban J connectivity index is 2.23. The van der Waals surface area contributed by atoms with Crippen molar-refractivity contribution in [3.8, 4) is 5.75 Å². The van der Waals surface area contributed by atoms with Crippen LogP contribution in [0, 0.1) is 0 Å². The molecule has 0 radical (unpaired) electrons. The molecular formula is C18H17FN2O3S. The highest BCUT2D eigenvalue weighted by Crippen LogP contribution is 2.36. The maximum absolute atomic E-state index is 13.8. The number of nitrogens with zero attached hydrogens (tertiary/aromatic N) is 2. The maximum Gasteiger partial charge on any atom is 0.273 e. The summed E-state index contributed by atoms with van der Waals surface area (Å²) in [5, 5.41) is 1.60. The highest BCUT2D eigenvalue weighted by Gasteiger charge is 2.15. The molecule has 7 heteroatoms. The topological polar surface area (TPSA) is 53.4 Å². The molecule has 0 fully saturated rings. The van der Waals surface area contributed by atoms with E-state index < -0.39 is 5.83 Å². The van der Waals surface area contributed by atoms with Crippen molar-refractivity contribution in [2.45, 2.75) is 6.92 Å². The van der Waals surface area contributed by atoms with Crippen LogP contribution in [0.1, 0.15) is 6.92 Å². The van der Waals surface area contributed by atoms with E-state index in [2.05, 4.69) is 4.98 Å². The first-order valence-corrected chi connectivity index (χ1v) is 8.41. The van der Waals surface area contributed by atoms with Crippen molar-refractivity contribution in [3.63, 3.8) is 0 Å². The lowest BCUT2D eigenvalue weighted by Gasteiger charge is -2.07. The van der Waals surface area contributed by atoms with Crippen LogP contribution in [0.25, 0.3) is 26.0 Å². The molecule has 0 aliphatic carbocycles. The zero-order valence-corrected chi connectivity index (χ0v) is 14.9. The van der Waals surface area contributed by atoms with E-state index in [9.17, 15) is 9.18 Å². The number of thiophene rings is 1. The van der Waals surface area contributed by atoms with E-state index in [0.29, 0.717) is 16.1 Å². The van der Waals surface area contributed by atoms with E-state index in [4.69, 9.17) is 9.47 Å². The van der Waals surface area contributed by atoms with Gasteiger partial charge in [-0.2, -0.15) is 0 Å². The van der Waals surface area contributed by atoms with E-state index in [1.54, 1.807) is 38.6 Å². The third kappa shape index (κ3) is 3.08. The molecule has 3 aromatic heterocycles. The van der Waals surface area contributed by atoms with Crippen LogP contribution in [-0.2, 0) is 4.74 Å². The van der Waals surface area contributed by atoms with Crippen LogP contribution in [0.2, 0.25) is 0 Å². The molecule has 25 heavy (non-hydrogen) atoms. The van der Waals surface area contributed by atoms with Crippen LogP contribution in [0.15, 0.2) is 47.3 Å². The predicted molar refractivity (Wildman–Crippen MR) is 99.0 cm³/mol. The van der Waals surface area contributed by atoms with Crippen LogP contribution in [0.3, 0.4) is 0 Å². The van der Waals surface area contributed by atoms with Crippen LogP contribution in [-0.4, -0.2) is 30.4 Å². The molecule has 0 aliphatic rings. The molecule has 0 saturated heterocycles. The van der Waals surface area contributed by atoms with Gasteiger partial charge in [0.15, 0.2) is 0 Å². The van der Waals surface area contributed by atoms with E-state index in [1.165, 1.54) is 29.1 Å². The fraction of sp³-hybridized carbons (Fsp3) is 0.222. The van der Waals surface area contributed by atoms with Gasteiger partial charge in [-0.15, -0.1) is 11.3 Å². The molecule has 0 atom stereocenters. The molecule has 0 aliphatic heterocycles. The smallest absolute Gasteiger partial charge is 0.273 e. The number of hydrogen-bond acceptors (Lipinski definition) is 5. The van der Waals surface area contributed by atoms with Gasteiger partial charge in [0, 0.05) is 30.6 Å². The number of rotatable bonds is 5. The average molecular weight is 360 g/mol. The number of ether oxygens (including phenoxy) is 2. The quantitative estimate of drug-likeness (QED) is 0.646. The first-order chi connectivity index (χ1) is 12.1. The van der Waals surface area contributed by atoms with Crippen molar-refractivity contribution in [2.75, 3.05) is 20.8 Å². The Kier molecular flexibility index (Phi) is 4.96. The van der Waals surface area contributed by atoms with E-state index in [0.717, 1.165) is 15.6 Å². The minimum atomic E-state index is -0.456. The van der Waals surface area contributed by atoms with Gasteiger partial charge >= 0.3 is 0 Å². The number of pyridine rings is 2. The molecule has 0 bridgehead atoms. The minimum absolute atomic E-state index is 0.141. The lowest BCUT2D eigenvalue weighted by atomic mass is 10.2. The van der Waals surface area contributed by atoms with Crippen LogP contribution >= 0.6 is 11.3 Å². The summed E-state index contributed by atoms with van der Waals surface area (Å²) in [5.41, 5.74) is 0.218. The normalized spacial score (nSPS) is 13.0. The first-order valence-electron chi connectivity index (χ1n) is 7.59. The van der Waals surface area contributed by atoms with Gasteiger partial charge in [0.1, 0.15) is 21.1 Å². The number of allylic oxidation sites excluding steroid dienone is 3. The van der Waals surface area contributed by atoms with E-state index in [1.807, 2.05) is 6.07 Å². The lowest BCUT2D eigenvalue weighted by molar-refractivity contribution is 0.206. The monoisotopic (exact) mass is 360 g/mol. The van der Waals surface area contributed by atoms with Crippen molar-refractivity contribution in [3.05, 3.63) is 52.9 Å². The SMILES string of the molecule is C/C=C(\C=C(\F)COC)n1ccc2c(sc3nccc(OC)c32)c1=O. The summed E-state index contributed by atoms with van der Waals surface area (Å²) in [7, 11) is 3.00. The second-order valence-electron chi connectivity index (χ2n) is 5.27. The van der Waals surface area contributed by atoms with Crippen molar-refractivity contribution in [1.29, 1.82) is 0 Å². The number of hydrogen-bond donors (Lipinski definition) is 0. The fourth-order valence-electron chi connectivity index (χ4n) is 2.67. The molecule has 0 aromatic carbocycles. The molecular weight excluding hydrogens is 343 g/mol. The summed E-state index contributed by atoms with van der Waals surface area (Å²) in [5.74, 6) is 0.216. The zero-order valence-electron chi connectivity index (χ0n) is 14.1. The Bertz CT molecular complexity index is 1050. The number of aromatic nitrogens is 2. The fourth-order valence-corrected chi connectivity index (χ4v) is 3.75. The lowest BCUT2D eigenvalue weighted by Crippen LogP contribution is -2.17. The molecule has 130 valence electrons. The van der Waals surface area contributed by atoms with Crippen LogP contribution < -0.4 is 10.3 Å². The van der Waals surface area contributed by atoms with Gasteiger partial charge < -0.3 is 9.47 Å². The van der Waals surface area contributed by atoms with Gasteiger partial charge in [0.05, 0.1) is 19.1 Å². The van der Waals surface area contributed by atoms with Gasteiger partial charge in [-0.05, 0) is 25.1 Å². The van der Waals surface area contributed by atoms with Gasteiger partial charge in [0.25, 0.3) is 5.56 Å². The molecule has 5 nitrogen and oxygen atoms in total. The summed E-state index contributed by atoms with van der Waals surface area (Å²) in [6, 6.07) is 3.59. The molecule has 0 N–H and O–H groups in total. The number of fused-ring (bicyclic) bond motifs is 3. The predicted octanol–water partition coefficient (Wildman–Crippen LogP) is 3.98. The van der Waals surface area contributed by atoms with Gasteiger partial charge in [-0.1, -0.05) is 6.08 Å². The second kappa shape index (κ2) is 7.16. The van der Waals surface area contributed by atoms with Gasteiger partial charge in [-0.25, -0.2) is 9.37 Å². The van der Waals surface area contributed by atoms with Crippen LogP contribution in [0.4, 0.5) is 4.39 Å². The van der Waals surface area contributed by atoms with E-state index in [-0.39, 0.29) is 12.2 Å². The summed E-state index contributed by atoms with van der Waals surface area (Å²) < 4.78 is 25.9. The van der Waals surface area contributed by atoms with Crippen LogP contribution in [0.5, 0.6) is 5.75 Å². The summed E-state index contributed by atoms with van der Waals surface area (Å²) in [6.07, 6.45) is 6.25. The third-order valence-electron chi connectivity index (χ3n) is 3.77. The van der Waals surface area contributed by atoms with E-state index >= 15 is 0 Å². The molecule has 0 spiro atoms. The molecule has 0 amide bonds. The number of methoxy groups -OCH3 is 2. The van der Waals surface area contributed by atoms with Crippen molar-refractivity contribution in [2.24, 2.45) is 0 Å². The molecule has 3 rings (SSSR count). The Morgan fingerprint density at radius 1 is 1.40 bits per heavy atom. The Labute approximate surface area is 147 Å². The Morgan fingerprint density at radius 3 is 2.88 bits per heavy atom. The summed E-state index contributed by atoms with van der Waals surface area (Å²) >= 11 is 1.30. The van der Waals surface area contributed by atoms with Crippen molar-refractivity contribution >= 4 is 37.3 Å². The number of halogens is 1. The summed E-state index contributed by atoms with van der Waals surface area (Å²) in [4.78, 5) is 18.0. The molecule has 3 heterocycles. The maximum atomic E-state index is 13.8. The average Bonchev–Trinajstić information content (AvgIpc) is 3.00. The van der Waals surface area contributed by atoms with Gasteiger partial charge in [-0.3, -0.25) is 9.36 Å². The minimum Gasteiger partial charge on any atom is -0.496 e. The van der Waals surface area contributed by atoms with Gasteiger partial charge in [0.2, 0.25) is 0 Å². The molecule has 0 saturated carbocycles. The largest absolute Gasteiger partial charge is 0.496 e. The molecule has 3 aromatic rings. The Hall–Kier alpha value is -2.51. The highest BCUT2D eigenvalue weighted by molar-refractivity contribution is 7.25. The Morgan fingerprint density at radius 2 is 2.20 bits per heavy atom. The highest BCUT2D eigenvalue weighted by atomic mass is 32.1. The zero-order chi connectivity index (χ0) is 18.0. The van der Waals surface area contributed by atoms with Crippen molar-refractivity contribution in [1.82, 2.24) is 9.55 Å². The molecule has 0 unspecified atom stereocenters. The second-order valence-corrected chi connectivity index (χ2v) is 6.27. The summed E-state index contributed by atoms with van der Waals surface area (Å²) in [6.45, 7) is 1.61. The van der Waals surface area contributed by atoms with Crippen molar-refractivity contribution < 1.29 is 13.9 Å². The third-order valence-corrected chi connectivity index (χ3v) is 4.88.